The van der Waals surface area contributed by atoms with E-state index in [0.29, 0.717) is 12.3 Å². The Balaban J connectivity index is 2.27. The quantitative estimate of drug-likeness (QED) is 0.785. The van der Waals surface area contributed by atoms with E-state index in [1.807, 2.05) is 0 Å². The number of aliphatic hydroxyl groups is 1. The molecule has 0 aromatic heterocycles. The lowest BCUT2D eigenvalue weighted by Gasteiger charge is -2.43. The molecular weight excluding hydrogens is 236 g/mol. The van der Waals surface area contributed by atoms with Gasteiger partial charge in [-0.05, 0) is 49.7 Å². The van der Waals surface area contributed by atoms with Gasteiger partial charge in [0.2, 0.25) is 0 Å². The lowest BCUT2D eigenvalue weighted by atomic mass is 9.63. The molecule has 2 rings (SSSR count). The summed E-state index contributed by atoms with van der Waals surface area (Å²) < 4.78 is 0. The minimum absolute atomic E-state index is 0.171. The van der Waals surface area contributed by atoms with E-state index in [-0.39, 0.29) is 17.3 Å². The van der Waals surface area contributed by atoms with Gasteiger partial charge >= 0.3 is 0 Å². The van der Waals surface area contributed by atoms with Gasteiger partial charge in [0.25, 0.3) is 0 Å². The normalized spacial score (nSPS) is 34.9. The van der Waals surface area contributed by atoms with Gasteiger partial charge in [-0.25, -0.2) is 0 Å². The molecule has 106 valence electrons. The molecule has 2 heteroatoms. The maximum absolute atomic E-state index is 12.2. The van der Waals surface area contributed by atoms with Crippen molar-refractivity contribution in [2.45, 2.75) is 65.4 Å². The molecule has 0 bridgehead atoms. The Kier molecular flexibility index (Phi) is 4.29. The van der Waals surface area contributed by atoms with Crippen molar-refractivity contribution in [3.63, 3.8) is 0 Å². The standard InChI is InChI=1S/C17H26O2/c1-4-6-12(2)9-13-11-17(3)14(10-15(13)18)7-5-8-16(17)19/h9-10,12,16,19H,4-8,11H2,1-3H3/b13-9+/t12?,16-,17-/m0/s1. The zero-order chi connectivity index (χ0) is 14.0. The van der Waals surface area contributed by atoms with Crippen molar-refractivity contribution in [1.82, 2.24) is 0 Å². The second-order valence-electron chi connectivity index (χ2n) is 6.49. The molecule has 2 nitrogen and oxygen atoms in total. The van der Waals surface area contributed by atoms with E-state index in [2.05, 4.69) is 26.8 Å². The highest BCUT2D eigenvalue weighted by molar-refractivity contribution is 6.05. The van der Waals surface area contributed by atoms with Crippen molar-refractivity contribution in [3.8, 4) is 0 Å². The molecule has 19 heavy (non-hydrogen) atoms. The Labute approximate surface area is 116 Å². The fourth-order valence-corrected chi connectivity index (χ4v) is 3.53. The highest BCUT2D eigenvalue weighted by Gasteiger charge is 2.43. The van der Waals surface area contributed by atoms with Gasteiger partial charge in [-0.1, -0.05) is 38.8 Å². The van der Waals surface area contributed by atoms with E-state index < -0.39 is 0 Å². The van der Waals surface area contributed by atoms with Crippen LogP contribution in [0.25, 0.3) is 0 Å². The maximum atomic E-state index is 12.2. The van der Waals surface area contributed by atoms with Crippen LogP contribution < -0.4 is 0 Å². The van der Waals surface area contributed by atoms with E-state index >= 15 is 0 Å². The molecule has 0 saturated heterocycles. The first kappa shape index (κ1) is 14.5. The SMILES string of the molecule is CCCC(C)/C=C1\C[C@@]2(C)C(=CC1=O)CCC[C@@H]2O. The third-order valence-electron chi connectivity index (χ3n) is 4.80. The zero-order valence-electron chi connectivity index (χ0n) is 12.4. The highest BCUT2D eigenvalue weighted by atomic mass is 16.3. The largest absolute Gasteiger partial charge is 0.392 e. The van der Waals surface area contributed by atoms with Crippen molar-refractivity contribution < 1.29 is 9.90 Å². The topological polar surface area (TPSA) is 37.3 Å². The fraction of sp³-hybridized carbons (Fsp3) is 0.706. The van der Waals surface area contributed by atoms with Gasteiger partial charge in [-0.2, -0.15) is 0 Å². The minimum Gasteiger partial charge on any atom is -0.392 e. The molecule has 0 radical (unpaired) electrons. The summed E-state index contributed by atoms with van der Waals surface area (Å²) in [5.41, 5.74) is 1.87. The van der Waals surface area contributed by atoms with Gasteiger partial charge in [-0.3, -0.25) is 4.79 Å². The summed E-state index contributed by atoms with van der Waals surface area (Å²) in [5.74, 6) is 0.618. The number of allylic oxidation sites excluding steroid dienone is 3. The van der Waals surface area contributed by atoms with Crippen LogP contribution in [0.3, 0.4) is 0 Å². The number of fused-ring (bicyclic) bond motifs is 1. The molecule has 1 N–H and O–H groups in total. The summed E-state index contributed by atoms with van der Waals surface area (Å²) in [6.07, 6.45) is 9.44. The van der Waals surface area contributed by atoms with Crippen LogP contribution in [-0.2, 0) is 4.79 Å². The molecular formula is C17H26O2. The fourth-order valence-electron chi connectivity index (χ4n) is 3.53. The predicted octanol–water partition coefficient (Wildman–Crippen LogP) is 3.80. The smallest absolute Gasteiger partial charge is 0.181 e. The van der Waals surface area contributed by atoms with Gasteiger partial charge in [-0.15, -0.1) is 0 Å². The van der Waals surface area contributed by atoms with Crippen LogP contribution in [0.1, 0.15) is 59.3 Å². The van der Waals surface area contributed by atoms with E-state index in [1.165, 1.54) is 0 Å². The lowest BCUT2D eigenvalue weighted by molar-refractivity contribution is -0.112. The Bertz CT molecular complexity index is 419. The highest BCUT2D eigenvalue weighted by Crippen LogP contribution is 2.48. The van der Waals surface area contributed by atoms with Gasteiger partial charge in [0.15, 0.2) is 5.78 Å². The van der Waals surface area contributed by atoms with E-state index in [1.54, 1.807) is 6.08 Å². The third-order valence-corrected chi connectivity index (χ3v) is 4.80. The Morgan fingerprint density at radius 3 is 3.00 bits per heavy atom. The summed E-state index contributed by atoms with van der Waals surface area (Å²) in [4.78, 5) is 12.2. The van der Waals surface area contributed by atoms with Gasteiger partial charge < -0.3 is 5.11 Å². The van der Waals surface area contributed by atoms with Crippen LogP contribution in [0.4, 0.5) is 0 Å². The van der Waals surface area contributed by atoms with Crippen LogP contribution in [0.5, 0.6) is 0 Å². The van der Waals surface area contributed by atoms with E-state index in [0.717, 1.165) is 43.3 Å². The number of hydrogen-bond donors (Lipinski definition) is 1. The van der Waals surface area contributed by atoms with Crippen LogP contribution in [0.15, 0.2) is 23.3 Å². The molecule has 1 saturated carbocycles. The van der Waals surface area contributed by atoms with Crippen molar-refractivity contribution >= 4 is 5.78 Å². The first-order valence-electron chi connectivity index (χ1n) is 7.61. The minimum atomic E-state index is -0.300. The number of carbonyl (C=O) groups is 1. The van der Waals surface area contributed by atoms with E-state index in [4.69, 9.17) is 0 Å². The molecule has 2 aliphatic rings. The summed E-state index contributed by atoms with van der Waals surface area (Å²) >= 11 is 0. The van der Waals surface area contributed by atoms with E-state index in [9.17, 15) is 9.90 Å². The van der Waals surface area contributed by atoms with Crippen LogP contribution in [0.2, 0.25) is 0 Å². The van der Waals surface area contributed by atoms with Crippen LogP contribution in [-0.4, -0.2) is 17.0 Å². The van der Waals surface area contributed by atoms with Crippen molar-refractivity contribution in [1.29, 1.82) is 0 Å². The molecule has 3 atom stereocenters. The second kappa shape index (κ2) is 5.62. The molecule has 1 unspecified atom stereocenters. The third kappa shape index (κ3) is 2.84. The maximum Gasteiger partial charge on any atom is 0.181 e. The molecule has 0 spiro atoms. The molecule has 0 heterocycles. The van der Waals surface area contributed by atoms with Crippen molar-refractivity contribution in [3.05, 3.63) is 23.3 Å². The lowest BCUT2D eigenvalue weighted by Crippen LogP contribution is -2.41. The number of carbonyl (C=O) groups excluding carboxylic acids is 1. The molecule has 0 aromatic rings. The second-order valence-corrected chi connectivity index (χ2v) is 6.49. The van der Waals surface area contributed by atoms with Crippen molar-refractivity contribution in [2.24, 2.45) is 11.3 Å². The molecule has 0 amide bonds. The Morgan fingerprint density at radius 2 is 2.32 bits per heavy atom. The zero-order valence-corrected chi connectivity index (χ0v) is 12.4. The van der Waals surface area contributed by atoms with Crippen LogP contribution in [0, 0.1) is 11.3 Å². The molecule has 1 fully saturated rings. The van der Waals surface area contributed by atoms with Gasteiger partial charge in [0.1, 0.15) is 0 Å². The summed E-state index contributed by atoms with van der Waals surface area (Å²) in [7, 11) is 0. The first-order chi connectivity index (χ1) is 8.97. The summed E-state index contributed by atoms with van der Waals surface area (Å²) in [6, 6.07) is 0. The first-order valence-corrected chi connectivity index (χ1v) is 7.61. The average molecular weight is 262 g/mol. The number of aliphatic hydroxyl groups excluding tert-OH is 1. The number of hydrogen-bond acceptors (Lipinski definition) is 2. The summed E-state index contributed by atoms with van der Waals surface area (Å²) in [6.45, 7) is 6.46. The Hall–Kier alpha value is -0.890. The average Bonchev–Trinajstić information content (AvgIpc) is 2.34. The van der Waals surface area contributed by atoms with Crippen molar-refractivity contribution in [2.75, 3.05) is 0 Å². The molecule has 0 aromatic carbocycles. The van der Waals surface area contributed by atoms with Crippen LogP contribution >= 0.6 is 0 Å². The summed E-state index contributed by atoms with van der Waals surface area (Å²) in [5, 5.41) is 10.3. The van der Waals surface area contributed by atoms with Gasteiger partial charge in [0.05, 0.1) is 6.10 Å². The Morgan fingerprint density at radius 1 is 1.58 bits per heavy atom. The number of ketones is 1. The number of rotatable bonds is 3. The monoisotopic (exact) mass is 262 g/mol. The molecule has 0 aliphatic heterocycles. The van der Waals surface area contributed by atoms with Gasteiger partial charge in [0, 0.05) is 5.41 Å². The predicted molar refractivity (Wildman–Crippen MR) is 77.8 cm³/mol. The molecule has 2 aliphatic carbocycles.